The van der Waals surface area contributed by atoms with Gasteiger partial charge in [-0.25, -0.2) is 4.39 Å². The van der Waals surface area contributed by atoms with Crippen molar-refractivity contribution in [3.63, 3.8) is 0 Å². The molecule has 2 aromatic rings. The lowest BCUT2D eigenvalue weighted by Crippen LogP contribution is -2.35. The molecule has 0 unspecified atom stereocenters. The van der Waals surface area contributed by atoms with Crippen LogP contribution in [0.15, 0.2) is 36.7 Å². The predicted octanol–water partition coefficient (Wildman–Crippen LogP) is 3.40. The molecule has 0 aliphatic carbocycles. The maximum absolute atomic E-state index is 12.9. The summed E-state index contributed by atoms with van der Waals surface area (Å²) < 4.78 is 14.8. The number of halogens is 1. The third-order valence-electron chi connectivity index (χ3n) is 4.52. The first kappa shape index (κ1) is 15.2. The van der Waals surface area contributed by atoms with Gasteiger partial charge in [0.05, 0.1) is 6.20 Å². The molecule has 1 aliphatic rings. The van der Waals surface area contributed by atoms with Gasteiger partial charge in [-0.2, -0.15) is 5.10 Å². The summed E-state index contributed by atoms with van der Waals surface area (Å²) in [4.78, 5) is 2.54. The van der Waals surface area contributed by atoms with Crippen LogP contribution in [0.1, 0.15) is 30.4 Å². The first-order valence-corrected chi connectivity index (χ1v) is 8.13. The Bertz CT molecular complexity index is 591. The van der Waals surface area contributed by atoms with Crippen molar-refractivity contribution in [1.29, 1.82) is 0 Å². The molecule has 0 spiro atoms. The molecular formula is C18H24FN3. The number of aromatic nitrogens is 2. The molecule has 1 fully saturated rings. The van der Waals surface area contributed by atoms with Crippen molar-refractivity contribution in [3.05, 3.63) is 53.6 Å². The molecule has 4 heteroatoms. The average molecular weight is 301 g/mol. The molecule has 1 aromatic heterocycles. The molecular weight excluding hydrogens is 277 g/mol. The monoisotopic (exact) mass is 301 g/mol. The second-order valence-corrected chi connectivity index (χ2v) is 6.43. The van der Waals surface area contributed by atoms with Crippen LogP contribution in [0.4, 0.5) is 4.39 Å². The molecule has 3 rings (SSSR count). The predicted molar refractivity (Wildman–Crippen MR) is 85.9 cm³/mol. The minimum Gasteiger partial charge on any atom is -0.299 e. The Morgan fingerprint density at radius 1 is 1.23 bits per heavy atom. The Hall–Kier alpha value is -1.68. The van der Waals surface area contributed by atoms with Crippen LogP contribution in [0.25, 0.3) is 0 Å². The van der Waals surface area contributed by atoms with Gasteiger partial charge in [0.2, 0.25) is 0 Å². The summed E-state index contributed by atoms with van der Waals surface area (Å²) in [5.41, 5.74) is 2.53. The van der Waals surface area contributed by atoms with Crippen molar-refractivity contribution < 1.29 is 4.39 Å². The van der Waals surface area contributed by atoms with Crippen molar-refractivity contribution in [1.82, 2.24) is 14.7 Å². The zero-order chi connectivity index (χ0) is 15.4. The largest absolute Gasteiger partial charge is 0.299 e. The molecule has 0 amide bonds. The number of piperidine rings is 1. The molecule has 3 nitrogen and oxygen atoms in total. The number of nitrogens with zero attached hydrogens (tertiary/aromatic N) is 3. The lowest BCUT2D eigenvalue weighted by atomic mass is 9.91. The van der Waals surface area contributed by atoms with E-state index in [0.717, 1.165) is 25.4 Å². The van der Waals surface area contributed by atoms with Crippen molar-refractivity contribution in [3.8, 4) is 0 Å². The Kier molecular flexibility index (Phi) is 4.88. The van der Waals surface area contributed by atoms with E-state index in [0.29, 0.717) is 0 Å². The molecule has 0 radical (unpaired) electrons. The van der Waals surface area contributed by atoms with Gasteiger partial charge in [0.1, 0.15) is 5.82 Å². The lowest BCUT2D eigenvalue weighted by Gasteiger charge is -2.32. The number of likely N-dealkylation sites (tertiary alicyclic amines) is 1. The summed E-state index contributed by atoms with van der Waals surface area (Å²) in [6.07, 6.45) is 8.88. The summed E-state index contributed by atoms with van der Waals surface area (Å²) in [5.74, 6) is 0.597. The van der Waals surface area contributed by atoms with E-state index in [1.54, 1.807) is 12.1 Å². The van der Waals surface area contributed by atoms with Crippen LogP contribution < -0.4 is 0 Å². The zero-order valence-electron chi connectivity index (χ0n) is 13.2. The van der Waals surface area contributed by atoms with Gasteiger partial charge in [0, 0.05) is 31.9 Å². The summed E-state index contributed by atoms with van der Waals surface area (Å²) in [6.45, 7) is 3.35. The third-order valence-corrected chi connectivity index (χ3v) is 4.52. The van der Waals surface area contributed by atoms with Crippen LogP contribution in [0.3, 0.4) is 0 Å². The topological polar surface area (TPSA) is 21.1 Å². The number of benzene rings is 1. The highest BCUT2D eigenvalue weighted by Crippen LogP contribution is 2.23. The van der Waals surface area contributed by atoms with Crippen LogP contribution in [0.2, 0.25) is 0 Å². The van der Waals surface area contributed by atoms with Crippen molar-refractivity contribution in [2.24, 2.45) is 13.0 Å². The first-order valence-electron chi connectivity index (χ1n) is 8.13. The molecule has 1 aromatic carbocycles. The van der Waals surface area contributed by atoms with Crippen LogP contribution >= 0.6 is 0 Å². The molecule has 0 saturated carbocycles. The van der Waals surface area contributed by atoms with Crippen LogP contribution in [-0.2, 0) is 20.0 Å². The summed E-state index contributed by atoms with van der Waals surface area (Å²) in [5, 5.41) is 4.24. The number of hydrogen-bond donors (Lipinski definition) is 0. The standard InChI is InChI=1S/C18H24FN3/c1-21-12-17(11-20-21)14-22-10-2-3-16(13-22)5-4-15-6-8-18(19)9-7-15/h6-9,11-12,16H,2-5,10,13-14H2,1H3/t16-/m1/s1. The summed E-state index contributed by atoms with van der Waals surface area (Å²) in [6, 6.07) is 6.94. The van der Waals surface area contributed by atoms with Gasteiger partial charge >= 0.3 is 0 Å². The third kappa shape index (κ3) is 4.17. The lowest BCUT2D eigenvalue weighted by molar-refractivity contribution is 0.162. The quantitative estimate of drug-likeness (QED) is 0.844. The Morgan fingerprint density at radius 3 is 2.77 bits per heavy atom. The maximum Gasteiger partial charge on any atom is 0.123 e. The highest BCUT2D eigenvalue weighted by Gasteiger charge is 2.20. The molecule has 2 heterocycles. The van der Waals surface area contributed by atoms with Crippen molar-refractivity contribution in [2.75, 3.05) is 13.1 Å². The zero-order valence-corrected chi connectivity index (χ0v) is 13.2. The fourth-order valence-corrected chi connectivity index (χ4v) is 3.36. The van der Waals surface area contributed by atoms with E-state index in [1.807, 2.05) is 30.1 Å². The number of hydrogen-bond acceptors (Lipinski definition) is 2. The summed E-state index contributed by atoms with van der Waals surface area (Å²) >= 11 is 0. The van der Waals surface area contributed by atoms with Gasteiger partial charge in [0.25, 0.3) is 0 Å². The van der Waals surface area contributed by atoms with Gasteiger partial charge in [-0.15, -0.1) is 0 Å². The minimum absolute atomic E-state index is 0.149. The van der Waals surface area contributed by atoms with E-state index in [4.69, 9.17) is 0 Å². The molecule has 1 atom stereocenters. The fourth-order valence-electron chi connectivity index (χ4n) is 3.36. The highest BCUT2D eigenvalue weighted by molar-refractivity contribution is 5.16. The van der Waals surface area contributed by atoms with Gasteiger partial charge in [-0.3, -0.25) is 9.58 Å². The number of rotatable bonds is 5. The van der Waals surface area contributed by atoms with Gasteiger partial charge < -0.3 is 0 Å². The minimum atomic E-state index is -0.149. The van der Waals surface area contributed by atoms with Gasteiger partial charge in [-0.05, 0) is 55.8 Å². The average Bonchev–Trinajstić information content (AvgIpc) is 2.92. The normalized spacial score (nSPS) is 19.5. The Morgan fingerprint density at radius 2 is 2.05 bits per heavy atom. The summed E-state index contributed by atoms with van der Waals surface area (Å²) in [7, 11) is 1.96. The van der Waals surface area contributed by atoms with E-state index in [9.17, 15) is 4.39 Å². The maximum atomic E-state index is 12.9. The molecule has 0 bridgehead atoms. The Labute approximate surface area is 131 Å². The highest BCUT2D eigenvalue weighted by atomic mass is 19.1. The van der Waals surface area contributed by atoms with Crippen LogP contribution in [0, 0.1) is 11.7 Å². The van der Waals surface area contributed by atoms with Crippen LogP contribution in [0.5, 0.6) is 0 Å². The van der Waals surface area contributed by atoms with Gasteiger partial charge in [-0.1, -0.05) is 12.1 Å². The number of aryl methyl sites for hydroxylation is 2. The van der Waals surface area contributed by atoms with E-state index >= 15 is 0 Å². The first-order chi connectivity index (χ1) is 10.7. The van der Waals surface area contributed by atoms with Gasteiger partial charge in [0.15, 0.2) is 0 Å². The second-order valence-electron chi connectivity index (χ2n) is 6.43. The molecule has 1 aliphatic heterocycles. The smallest absolute Gasteiger partial charge is 0.123 e. The second kappa shape index (κ2) is 7.05. The fraction of sp³-hybridized carbons (Fsp3) is 0.500. The van der Waals surface area contributed by atoms with E-state index in [1.165, 1.54) is 36.9 Å². The molecule has 118 valence electrons. The van der Waals surface area contributed by atoms with E-state index in [-0.39, 0.29) is 5.82 Å². The molecule has 22 heavy (non-hydrogen) atoms. The van der Waals surface area contributed by atoms with E-state index in [2.05, 4.69) is 16.2 Å². The SMILES string of the molecule is Cn1cc(CN2CCC[C@H](CCc3ccc(F)cc3)C2)cn1. The van der Waals surface area contributed by atoms with E-state index < -0.39 is 0 Å². The molecule has 0 N–H and O–H groups in total. The van der Waals surface area contributed by atoms with Crippen molar-refractivity contribution in [2.45, 2.75) is 32.2 Å². The van der Waals surface area contributed by atoms with Crippen LogP contribution in [-0.4, -0.2) is 27.8 Å². The molecule has 1 saturated heterocycles. The van der Waals surface area contributed by atoms with Crippen molar-refractivity contribution >= 4 is 0 Å². The Balaban J connectivity index is 1.49.